The van der Waals surface area contributed by atoms with Crippen molar-refractivity contribution in [3.8, 4) is 5.75 Å². The summed E-state index contributed by atoms with van der Waals surface area (Å²) in [5.74, 6) is 1.12. The van der Waals surface area contributed by atoms with Gasteiger partial charge >= 0.3 is 0 Å². The molecule has 0 aromatic heterocycles. The number of allylic oxidation sites excluding steroid dienone is 1. The molecule has 0 radical (unpaired) electrons. The lowest BCUT2D eigenvalue weighted by atomic mass is 10.0. The summed E-state index contributed by atoms with van der Waals surface area (Å²) < 4.78 is 6.94. The van der Waals surface area contributed by atoms with Gasteiger partial charge in [0.1, 0.15) is 5.75 Å². The second-order valence-corrected chi connectivity index (χ2v) is 6.33. The van der Waals surface area contributed by atoms with Crippen LogP contribution in [0.3, 0.4) is 0 Å². The van der Waals surface area contributed by atoms with Crippen molar-refractivity contribution in [2.75, 3.05) is 19.7 Å². The molecule has 0 amide bonds. The molecular weight excluding hydrogens is 314 g/mol. The highest BCUT2D eigenvalue weighted by Gasteiger charge is 2.17. The lowest BCUT2D eigenvalue weighted by Crippen LogP contribution is -2.15. The second-order valence-electron chi connectivity index (χ2n) is 5.42. The van der Waals surface area contributed by atoms with E-state index < -0.39 is 0 Å². The number of halogens is 1. The van der Waals surface area contributed by atoms with Gasteiger partial charge < -0.3 is 10.1 Å². The lowest BCUT2D eigenvalue weighted by molar-refractivity contribution is 0.354. The molecule has 3 heteroatoms. The molecule has 1 aromatic carbocycles. The highest BCUT2D eigenvalue weighted by Crippen LogP contribution is 2.34. The predicted octanol–water partition coefficient (Wildman–Crippen LogP) is 4.26. The quantitative estimate of drug-likeness (QED) is 0.592. The Morgan fingerprint density at radius 1 is 1.40 bits per heavy atom. The maximum atomic E-state index is 5.78. The first-order chi connectivity index (χ1) is 9.70. The molecule has 0 unspecified atom stereocenters. The Kier molecular flexibility index (Phi) is 6.11. The van der Waals surface area contributed by atoms with E-state index in [4.69, 9.17) is 4.74 Å². The van der Waals surface area contributed by atoms with Gasteiger partial charge in [-0.25, -0.2) is 0 Å². The number of fused-ring (bicyclic) bond motifs is 1. The first-order valence-electron chi connectivity index (χ1n) is 7.51. The fourth-order valence-electron chi connectivity index (χ4n) is 2.57. The van der Waals surface area contributed by atoms with Gasteiger partial charge in [-0.3, -0.25) is 0 Å². The van der Waals surface area contributed by atoms with Crippen LogP contribution in [-0.4, -0.2) is 19.7 Å². The summed E-state index contributed by atoms with van der Waals surface area (Å²) in [6.07, 6.45) is 6.65. The van der Waals surface area contributed by atoms with Gasteiger partial charge in [0.2, 0.25) is 0 Å². The largest absolute Gasteiger partial charge is 0.493 e. The minimum absolute atomic E-state index is 0.822. The summed E-state index contributed by atoms with van der Waals surface area (Å²) in [4.78, 5) is 0. The third-order valence-corrected chi connectivity index (χ3v) is 3.99. The molecule has 1 aromatic rings. The monoisotopic (exact) mass is 337 g/mol. The molecule has 1 aliphatic heterocycles. The summed E-state index contributed by atoms with van der Waals surface area (Å²) in [5, 5.41) is 3.43. The molecule has 20 heavy (non-hydrogen) atoms. The zero-order chi connectivity index (χ0) is 14.4. The third-order valence-electron chi connectivity index (χ3n) is 3.54. The van der Waals surface area contributed by atoms with E-state index in [0.717, 1.165) is 49.2 Å². The zero-order valence-electron chi connectivity index (χ0n) is 12.5. The number of benzene rings is 1. The van der Waals surface area contributed by atoms with Crippen molar-refractivity contribution in [1.82, 2.24) is 5.32 Å². The smallest absolute Gasteiger partial charge is 0.126 e. The average Bonchev–Trinajstić information content (AvgIpc) is 2.86. The SMILES string of the molecule is CCCNCC/C=C(/C)Cc1cc(Br)cc2c1OCC2. The van der Waals surface area contributed by atoms with Crippen LogP contribution in [0.4, 0.5) is 0 Å². The first-order valence-corrected chi connectivity index (χ1v) is 8.30. The minimum atomic E-state index is 0.822. The summed E-state index contributed by atoms with van der Waals surface area (Å²) in [7, 11) is 0. The van der Waals surface area contributed by atoms with E-state index in [2.05, 4.69) is 53.3 Å². The van der Waals surface area contributed by atoms with Gasteiger partial charge in [0, 0.05) is 10.9 Å². The average molecular weight is 338 g/mol. The molecule has 0 bridgehead atoms. The topological polar surface area (TPSA) is 21.3 Å². The third kappa shape index (κ3) is 4.35. The maximum absolute atomic E-state index is 5.78. The van der Waals surface area contributed by atoms with E-state index in [0.29, 0.717) is 0 Å². The van der Waals surface area contributed by atoms with Crippen molar-refractivity contribution >= 4 is 15.9 Å². The Balaban J connectivity index is 1.94. The van der Waals surface area contributed by atoms with Crippen LogP contribution in [0.5, 0.6) is 5.75 Å². The Morgan fingerprint density at radius 2 is 2.25 bits per heavy atom. The Labute approximate surface area is 130 Å². The highest BCUT2D eigenvalue weighted by molar-refractivity contribution is 9.10. The molecule has 2 nitrogen and oxygen atoms in total. The summed E-state index contributed by atoms with van der Waals surface area (Å²) in [6, 6.07) is 4.37. The Morgan fingerprint density at radius 3 is 3.05 bits per heavy atom. The van der Waals surface area contributed by atoms with Crippen LogP contribution in [0.25, 0.3) is 0 Å². The van der Waals surface area contributed by atoms with Gasteiger partial charge in [-0.1, -0.05) is 34.5 Å². The molecule has 1 aliphatic rings. The molecule has 0 atom stereocenters. The van der Waals surface area contributed by atoms with Crippen molar-refractivity contribution in [3.05, 3.63) is 39.4 Å². The molecule has 0 spiro atoms. The van der Waals surface area contributed by atoms with Crippen LogP contribution in [0, 0.1) is 0 Å². The molecule has 0 fully saturated rings. The lowest BCUT2D eigenvalue weighted by Gasteiger charge is -2.09. The fourth-order valence-corrected chi connectivity index (χ4v) is 3.12. The van der Waals surface area contributed by atoms with Crippen molar-refractivity contribution < 1.29 is 4.74 Å². The summed E-state index contributed by atoms with van der Waals surface area (Å²) in [5.41, 5.74) is 4.06. The van der Waals surface area contributed by atoms with Crippen molar-refractivity contribution in [3.63, 3.8) is 0 Å². The highest BCUT2D eigenvalue weighted by atomic mass is 79.9. The number of hydrogen-bond acceptors (Lipinski definition) is 2. The molecular formula is C17H24BrNO. The van der Waals surface area contributed by atoms with Crippen LogP contribution in [-0.2, 0) is 12.8 Å². The summed E-state index contributed by atoms with van der Waals surface area (Å²) in [6.45, 7) is 7.41. The molecule has 110 valence electrons. The molecule has 0 saturated carbocycles. The standard InChI is InChI=1S/C17H24BrNO/c1-3-7-19-8-4-5-13(2)10-15-12-16(18)11-14-6-9-20-17(14)15/h5,11-12,19H,3-4,6-10H2,1-2H3/b13-5-. The molecule has 0 saturated heterocycles. The van der Waals surface area contributed by atoms with Gasteiger partial charge in [0.25, 0.3) is 0 Å². The van der Waals surface area contributed by atoms with Gasteiger partial charge in [-0.2, -0.15) is 0 Å². The number of ether oxygens (including phenoxy) is 1. The van der Waals surface area contributed by atoms with E-state index in [1.165, 1.54) is 23.1 Å². The molecule has 2 rings (SSSR count). The Bertz CT molecular complexity index is 482. The van der Waals surface area contributed by atoms with Gasteiger partial charge in [0.15, 0.2) is 0 Å². The van der Waals surface area contributed by atoms with Crippen molar-refractivity contribution in [1.29, 1.82) is 0 Å². The summed E-state index contributed by atoms with van der Waals surface area (Å²) >= 11 is 3.60. The maximum Gasteiger partial charge on any atom is 0.126 e. The van der Waals surface area contributed by atoms with Crippen LogP contribution in [0.2, 0.25) is 0 Å². The number of hydrogen-bond donors (Lipinski definition) is 1. The van der Waals surface area contributed by atoms with E-state index in [-0.39, 0.29) is 0 Å². The van der Waals surface area contributed by atoms with E-state index in [9.17, 15) is 0 Å². The zero-order valence-corrected chi connectivity index (χ0v) is 14.1. The van der Waals surface area contributed by atoms with Gasteiger partial charge in [0.05, 0.1) is 6.61 Å². The molecule has 0 aliphatic carbocycles. The van der Waals surface area contributed by atoms with Gasteiger partial charge in [-0.05, 0) is 62.5 Å². The Hall–Kier alpha value is -0.800. The minimum Gasteiger partial charge on any atom is -0.493 e. The van der Waals surface area contributed by atoms with Crippen molar-refractivity contribution in [2.24, 2.45) is 0 Å². The predicted molar refractivity (Wildman–Crippen MR) is 88.6 cm³/mol. The van der Waals surface area contributed by atoms with Crippen LogP contribution in [0.15, 0.2) is 28.3 Å². The second kappa shape index (κ2) is 7.84. The normalized spacial score (nSPS) is 14.2. The molecule has 1 N–H and O–H groups in total. The van der Waals surface area contributed by atoms with E-state index >= 15 is 0 Å². The number of rotatable bonds is 7. The van der Waals surface area contributed by atoms with Crippen LogP contribution >= 0.6 is 15.9 Å². The number of nitrogens with one attached hydrogen (secondary N) is 1. The first kappa shape index (κ1) is 15.6. The van der Waals surface area contributed by atoms with Crippen LogP contribution < -0.4 is 10.1 Å². The van der Waals surface area contributed by atoms with E-state index in [1.54, 1.807) is 0 Å². The van der Waals surface area contributed by atoms with Crippen LogP contribution in [0.1, 0.15) is 37.8 Å². The molecule has 1 heterocycles. The van der Waals surface area contributed by atoms with Gasteiger partial charge in [-0.15, -0.1) is 0 Å². The fraction of sp³-hybridized carbons (Fsp3) is 0.529. The van der Waals surface area contributed by atoms with Crippen molar-refractivity contribution in [2.45, 2.75) is 39.5 Å². The van der Waals surface area contributed by atoms with E-state index in [1.807, 2.05) is 0 Å².